The van der Waals surface area contributed by atoms with Crippen molar-refractivity contribution in [3.63, 3.8) is 0 Å². The molecule has 13 heteroatoms. The van der Waals surface area contributed by atoms with Crippen molar-refractivity contribution >= 4 is 60.1 Å². The quantitative estimate of drug-likeness (QED) is 0.0496. The van der Waals surface area contributed by atoms with Crippen molar-refractivity contribution in [2.75, 3.05) is 59.7 Å². The van der Waals surface area contributed by atoms with Crippen LogP contribution >= 0.6 is 19.8 Å². The van der Waals surface area contributed by atoms with E-state index in [-0.39, 0.29) is 18.3 Å². The van der Waals surface area contributed by atoms with Gasteiger partial charge in [0.2, 0.25) is 0 Å². The molecule has 1 atom stereocenters. The predicted molar refractivity (Wildman–Crippen MR) is 178 cm³/mol. The Morgan fingerprint density at radius 2 is 1.86 bits per heavy atom. The number of ether oxygens (including phenoxy) is 4. The van der Waals surface area contributed by atoms with Crippen LogP contribution in [-0.4, -0.2) is 72.3 Å². The van der Waals surface area contributed by atoms with Crippen LogP contribution in [0.3, 0.4) is 0 Å². The number of nitrogens with two attached hydrogens (primary N) is 2. The van der Waals surface area contributed by atoms with Gasteiger partial charge in [0.25, 0.3) is 0 Å². The van der Waals surface area contributed by atoms with Crippen molar-refractivity contribution in [3.05, 3.63) is 54.4 Å². The second-order valence-corrected chi connectivity index (χ2v) is 16.7. The molecule has 0 aliphatic heterocycles. The topological polar surface area (TPSA) is 162 Å². The zero-order valence-electron chi connectivity index (χ0n) is 25.0. The molecule has 4 aromatic rings. The van der Waals surface area contributed by atoms with Gasteiger partial charge in [-0.05, 0) is 6.92 Å². The standard InChI is InChI=1S/C30H40IN7O5/c1-5-41-26(39)18-38-19-34-27-28(33)36-30(37-29(27)38)35-23-7-9-24(10-8-23)42-13-12-31(3)20(2)16-21-17-22(32)6-11-25(21)43-15-14-40-4/h6-11,17,19-20H,5,12-16,18,32H2,1-4H3,(H3,33,35,36,37)/t20-/m0/s1. The van der Waals surface area contributed by atoms with Crippen LogP contribution in [0.15, 0.2) is 48.8 Å². The fourth-order valence-corrected chi connectivity index (χ4v) is 7.49. The van der Waals surface area contributed by atoms with E-state index in [4.69, 9.17) is 30.4 Å². The number of esters is 1. The van der Waals surface area contributed by atoms with E-state index >= 15 is 0 Å². The third-order valence-electron chi connectivity index (χ3n) is 6.62. The summed E-state index contributed by atoms with van der Waals surface area (Å²) < 4.78 is 25.3. The molecule has 0 saturated carbocycles. The van der Waals surface area contributed by atoms with Crippen molar-refractivity contribution in [3.8, 4) is 11.5 Å². The van der Waals surface area contributed by atoms with E-state index in [2.05, 4.69) is 32.1 Å². The first-order valence-electron chi connectivity index (χ1n) is 14.0. The minimum absolute atomic E-state index is 0.0158. The van der Waals surface area contributed by atoms with Crippen LogP contribution in [0.4, 0.5) is 23.1 Å². The van der Waals surface area contributed by atoms with Gasteiger partial charge < -0.3 is 4.74 Å². The summed E-state index contributed by atoms with van der Waals surface area (Å²) in [5, 5.41) is 3.16. The first-order chi connectivity index (χ1) is 20.8. The summed E-state index contributed by atoms with van der Waals surface area (Å²) >= 11 is -1.29. The Labute approximate surface area is 258 Å². The van der Waals surface area contributed by atoms with Crippen molar-refractivity contribution in [2.24, 2.45) is 0 Å². The maximum atomic E-state index is 11.9. The van der Waals surface area contributed by atoms with Crippen LogP contribution in [-0.2, 0) is 27.2 Å². The van der Waals surface area contributed by atoms with Crippen LogP contribution in [0.2, 0.25) is 0 Å². The Bertz CT molecular complexity index is 1500. The molecule has 0 amide bonds. The van der Waals surface area contributed by atoms with E-state index in [0.29, 0.717) is 47.5 Å². The number of hydrogen-bond acceptors (Lipinski definition) is 11. The number of carbonyl (C=O) groups excluding carboxylic acids is 1. The number of nitrogens with zero attached hydrogens (tertiary/aromatic N) is 4. The number of halogens is 1. The fourth-order valence-electron chi connectivity index (χ4n) is 4.28. The van der Waals surface area contributed by atoms with Crippen molar-refractivity contribution in [1.29, 1.82) is 0 Å². The van der Waals surface area contributed by atoms with E-state index in [9.17, 15) is 4.79 Å². The molecule has 0 saturated heterocycles. The Kier molecular flexibility index (Phi) is 11.6. The average molecular weight is 706 g/mol. The third kappa shape index (κ3) is 9.07. The van der Waals surface area contributed by atoms with Gasteiger partial charge in [-0.3, -0.25) is 4.79 Å². The molecule has 2 aromatic heterocycles. The number of carbonyl (C=O) groups is 1. The predicted octanol–water partition coefficient (Wildman–Crippen LogP) is 4.47. The second-order valence-electron chi connectivity index (χ2n) is 9.80. The van der Waals surface area contributed by atoms with Gasteiger partial charge in [0.15, 0.2) is 0 Å². The summed E-state index contributed by atoms with van der Waals surface area (Å²) in [4.78, 5) is 27.4. The third-order valence-corrected chi connectivity index (χ3v) is 12.8. The zero-order chi connectivity index (χ0) is 30.8. The van der Waals surface area contributed by atoms with Gasteiger partial charge >= 0.3 is 219 Å². The molecule has 43 heavy (non-hydrogen) atoms. The number of rotatable bonds is 16. The monoisotopic (exact) mass is 705 g/mol. The molecule has 12 nitrogen and oxygen atoms in total. The number of methoxy groups -OCH3 is 1. The minimum atomic E-state index is -1.29. The Balaban J connectivity index is 1.29. The number of nitrogen functional groups attached to an aromatic ring is 2. The van der Waals surface area contributed by atoms with Gasteiger partial charge in [-0.15, -0.1) is 0 Å². The molecular formula is C30H40IN7O5. The number of aromatic nitrogens is 4. The van der Waals surface area contributed by atoms with Gasteiger partial charge in [-0.1, -0.05) is 0 Å². The second kappa shape index (κ2) is 15.6. The molecule has 0 aliphatic rings. The summed E-state index contributed by atoms with van der Waals surface area (Å²) in [6, 6.07) is 13.4. The number of alkyl halides is 3. The first kappa shape index (κ1) is 32.1. The summed E-state index contributed by atoms with van der Waals surface area (Å²) in [5.41, 5.74) is 15.7. The number of benzene rings is 2. The molecule has 2 heterocycles. The van der Waals surface area contributed by atoms with Crippen molar-refractivity contribution < 1.29 is 23.7 Å². The van der Waals surface area contributed by atoms with E-state index in [1.165, 1.54) is 6.33 Å². The van der Waals surface area contributed by atoms with Crippen LogP contribution < -0.4 is 26.3 Å². The molecule has 4 rings (SSSR count). The van der Waals surface area contributed by atoms with E-state index in [1.54, 1.807) is 18.6 Å². The first-order valence-corrected chi connectivity index (χ1v) is 18.9. The SMILES string of the molecule is CCOC(=O)Cn1cnc2c(N)nc(Nc3ccc(OCCI(C)[C@@H](C)Cc4cc(N)ccc4OCCOC)cc3)nc21. The number of imidazole rings is 1. The van der Waals surface area contributed by atoms with Gasteiger partial charge in [0.05, 0.1) is 12.9 Å². The summed E-state index contributed by atoms with van der Waals surface area (Å²) in [5.74, 6) is 1.80. The molecule has 0 unspecified atom stereocenters. The van der Waals surface area contributed by atoms with Crippen LogP contribution in [0, 0.1) is 0 Å². The molecule has 232 valence electrons. The summed E-state index contributed by atoms with van der Waals surface area (Å²) in [7, 11) is 1.66. The van der Waals surface area contributed by atoms with Crippen LogP contribution in [0.5, 0.6) is 11.5 Å². The Hall–Kier alpha value is -3.85. The number of anilines is 4. The van der Waals surface area contributed by atoms with E-state index in [0.717, 1.165) is 39.3 Å². The van der Waals surface area contributed by atoms with Crippen LogP contribution in [0.1, 0.15) is 19.4 Å². The van der Waals surface area contributed by atoms with Crippen molar-refractivity contribution in [1.82, 2.24) is 19.5 Å². The fraction of sp³-hybridized carbons (Fsp3) is 0.400. The summed E-state index contributed by atoms with van der Waals surface area (Å²) in [6.45, 7) is 6.06. The van der Waals surface area contributed by atoms with Crippen LogP contribution in [0.25, 0.3) is 11.2 Å². The summed E-state index contributed by atoms with van der Waals surface area (Å²) in [6.07, 6.45) is 2.43. The van der Waals surface area contributed by atoms with Crippen molar-refractivity contribution in [2.45, 2.75) is 30.7 Å². The van der Waals surface area contributed by atoms with Gasteiger partial charge in [0.1, 0.15) is 6.54 Å². The molecule has 0 fully saturated rings. The van der Waals surface area contributed by atoms with E-state index < -0.39 is 19.8 Å². The van der Waals surface area contributed by atoms with Gasteiger partial charge in [-0.25, -0.2) is 4.98 Å². The Morgan fingerprint density at radius 1 is 1.07 bits per heavy atom. The molecule has 0 spiro atoms. The van der Waals surface area contributed by atoms with Gasteiger partial charge in [0, 0.05) is 0 Å². The molecule has 0 bridgehead atoms. The van der Waals surface area contributed by atoms with Gasteiger partial charge in [-0.2, -0.15) is 0 Å². The average Bonchev–Trinajstić information content (AvgIpc) is 3.38. The number of hydrogen-bond donors (Lipinski definition) is 3. The molecule has 0 radical (unpaired) electrons. The molecule has 0 aliphatic carbocycles. The number of nitrogens with one attached hydrogen (secondary N) is 1. The molecular weight excluding hydrogens is 665 g/mol. The molecule has 2 aromatic carbocycles. The van der Waals surface area contributed by atoms with E-state index in [1.807, 2.05) is 42.5 Å². The normalized spacial score (nSPS) is 12.1. The number of fused-ring (bicyclic) bond motifs is 1. The Morgan fingerprint density at radius 3 is 2.60 bits per heavy atom. The maximum absolute atomic E-state index is 11.9. The molecule has 5 N–H and O–H groups in total. The zero-order valence-corrected chi connectivity index (χ0v) is 27.2.